The van der Waals surface area contributed by atoms with Crippen LogP contribution in [0.5, 0.6) is 0 Å². The van der Waals surface area contributed by atoms with E-state index in [4.69, 9.17) is 34.8 Å². The number of sulfonamides is 1. The van der Waals surface area contributed by atoms with Gasteiger partial charge in [0.2, 0.25) is 21.8 Å². The van der Waals surface area contributed by atoms with E-state index in [9.17, 15) is 18.0 Å². The van der Waals surface area contributed by atoms with E-state index >= 15 is 0 Å². The lowest BCUT2D eigenvalue weighted by molar-refractivity contribution is -0.140. The van der Waals surface area contributed by atoms with Crippen molar-refractivity contribution in [3.8, 4) is 0 Å². The number of nitrogens with one attached hydrogen (secondary N) is 1. The Labute approximate surface area is 228 Å². The largest absolute Gasteiger partial charge is 0.354 e. The molecule has 0 bridgehead atoms. The molecule has 0 spiro atoms. The highest BCUT2D eigenvalue weighted by Crippen LogP contribution is 2.28. The summed E-state index contributed by atoms with van der Waals surface area (Å²) in [7, 11) is -3.85. The number of anilines is 1. The van der Waals surface area contributed by atoms with Crippen molar-refractivity contribution >= 4 is 62.3 Å². The quantitative estimate of drug-likeness (QED) is 0.341. The van der Waals surface area contributed by atoms with Gasteiger partial charge in [0.25, 0.3) is 0 Å². The number of hydrogen-bond donors (Lipinski definition) is 1. The van der Waals surface area contributed by atoms with Crippen LogP contribution in [-0.2, 0) is 26.2 Å². The average Bonchev–Trinajstić information content (AvgIpc) is 2.80. The zero-order valence-electron chi connectivity index (χ0n) is 20.9. The van der Waals surface area contributed by atoms with Gasteiger partial charge >= 0.3 is 0 Å². The Morgan fingerprint density at radius 2 is 1.72 bits per heavy atom. The summed E-state index contributed by atoms with van der Waals surface area (Å²) >= 11 is 18.4. The maximum absolute atomic E-state index is 13.7. The van der Waals surface area contributed by atoms with Crippen LogP contribution in [0.4, 0.5) is 5.69 Å². The molecule has 36 heavy (non-hydrogen) atoms. The van der Waals surface area contributed by atoms with Crippen LogP contribution in [0.15, 0.2) is 36.4 Å². The van der Waals surface area contributed by atoms with Crippen molar-refractivity contribution in [3.05, 3.63) is 62.6 Å². The molecular weight excluding hydrogens is 545 g/mol. The predicted octanol–water partition coefficient (Wildman–Crippen LogP) is 5.44. The number of nitrogens with zero attached hydrogens (tertiary/aromatic N) is 2. The van der Waals surface area contributed by atoms with Crippen LogP contribution >= 0.6 is 34.8 Å². The average molecular weight is 577 g/mol. The SMILES string of the molecule is CCCCNC(=O)C(CC)N(Cc1ccc(Cl)c(Cl)c1)C(=O)CN(c1cc(Cl)ccc1C)S(C)(=O)=O. The molecule has 2 amide bonds. The smallest absolute Gasteiger partial charge is 0.244 e. The minimum Gasteiger partial charge on any atom is -0.354 e. The molecule has 0 fully saturated rings. The molecule has 2 aromatic carbocycles. The highest BCUT2D eigenvalue weighted by Gasteiger charge is 2.32. The highest BCUT2D eigenvalue weighted by atomic mass is 35.5. The summed E-state index contributed by atoms with van der Waals surface area (Å²) in [6.07, 6.45) is 3.07. The van der Waals surface area contributed by atoms with E-state index < -0.39 is 28.5 Å². The van der Waals surface area contributed by atoms with Crippen LogP contribution in [0.2, 0.25) is 15.1 Å². The van der Waals surface area contributed by atoms with Crippen LogP contribution < -0.4 is 9.62 Å². The topological polar surface area (TPSA) is 86.8 Å². The number of carbonyl (C=O) groups is 2. The first-order chi connectivity index (χ1) is 16.9. The van der Waals surface area contributed by atoms with Crippen LogP contribution in [0.3, 0.4) is 0 Å². The lowest BCUT2D eigenvalue weighted by atomic mass is 10.1. The fourth-order valence-electron chi connectivity index (χ4n) is 3.71. The maximum Gasteiger partial charge on any atom is 0.244 e. The Bertz CT molecular complexity index is 1190. The molecule has 0 aliphatic carbocycles. The Balaban J connectivity index is 2.47. The normalized spacial score (nSPS) is 12.2. The lowest BCUT2D eigenvalue weighted by Gasteiger charge is -2.33. The van der Waals surface area contributed by atoms with Gasteiger partial charge in [-0.1, -0.05) is 67.2 Å². The number of unbranched alkanes of at least 4 members (excludes halogenated alkanes) is 1. The minimum atomic E-state index is -3.85. The molecule has 0 aromatic heterocycles. The summed E-state index contributed by atoms with van der Waals surface area (Å²) in [5.74, 6) is -0.840. The van der Waals surface area contributed by atoms with Gasteiger partial charge in [0.05, 0.1) is 22.0 Å². The van der Waals surface area contributed by atoms with Gasteiger partial charge in [-0.25, -0.2) is 8.42 Å². The lowest BCUT2D eigenvalue weighted by Crippen LogP contribution is -2.52. The number of carbonyl (C=O) groups excluding carboxylic acids is 2. The van der Waals surface area contributed by atoms with Crippen molar-refractivity contribution < 1.29 is 18.0 Å². The fraction of sp³-hybridized carbons (Fsp3) is 0.440. The molecule has 0 radical (unpaired) electrons. The molecular formula is C25H32Cl3N3O4S. The Morgan fingerprint density at radius 3 is 2.31 bits per heavy atom. The molecule has 0 aliphatic rings. The van der Waals surface area contributed by atoms with E-state index in [1.165, 1.54) is 11.0 Å². The molecule has 0 heterocycles. The van der Waals surface area contributed by atoms with E-state index in [0.717, 1.165) is 23.4 Å². The van der Waals surface area contributed by atoms with E-state index in [1.807, 2.05) is 6.92 Å². The van der Waals surface area contributed by atoms with Crippen molar-refractivity contribution in [3.63, 3.8) is 0 Å². The monoisotopic (exact) mass is 575 g/mol. The second-order valence-corrected chi connectivity index (χ2v) is 11.7. The molecule has 2 aromatic rings. The van der Waals surface area contributed by atoms with E-state index in [0.29, 0.717) is 44.8 Å². The summed E-state index contributed by atoms with van der Waals surface area (Å²) in [6, 6.07) is 8.97. The zero-order valence-corrected chi connectivity index (χ0v) is 23.9. The molecule has 1 atom stereocenters. The van der Waals surface area contributed by atoms with E-state index in [-0.39, 0.29) is 12.5 Å². The molecule has 0 saturated heterocycles. The molecule has 0 aliphatic heterocycles. The van der Waals surface area contributed by atoms with Gasteiger partial charge in [0.15, 0.2) is 0 Å². The van der Waals surface area contributed by atoms with E-state index in [2.05, 4.69) is 5.32 Å². The molecule has 7 nitrogen and oxygen atoms in total. The first kappa shape index (κ1) is 30.2. The number of amides is 2. The first-order valence-corrected chi connectivity index (χ1v) is 14.6. The van der Waals surface area contributed by atoms with Gasteiger partial charge in [-0.2, -0.15) is 0 Å². The number of rotatable bonds is 12. The van der Waals surface area contributed by atoms with Gasteiger partial charge in [0, 0.05) is 18.1 Å². The van der Waals surface area contributed by atoms with Crippen molar-refractivity contribution in [1.82, 2.24) is 10.2 Å². The van der Waals surface area contributed by atoms with Gasteiger partial charge in [0.1, 0.15) is 12.6 Å². The van der Waals surface area contributed by atoms with Crippen LogP contribution in [-0.4, -0.2) is 50.5 Å². The molecule has 1 unspecified atom stereocenters. The molecule has 0 saturated carbocycles. The number of benzene rings is 2. The third-order valence-electron chi connectivity index (χ3n) is 5.67. The van der Waals surface area contributed by atoms with Crippen molar-refractivity contribution in [2.24, 2.45) is 0 Å². The summed E-state index contributed by atoms with van der Waals surface area (Å²) in [5, 5.41) is 3.90. The zero-order chi connectivity index (χ0) is 27.0. The van der Waals surface area contributed by atoms with Crippen LogP contribution in [0.1, 0.15) is 44.2 Å². The summed E-state index contributed by atoms with van der Waals surface area (Å²) in [6.45, 7) is 5.58. The van der Waals surface area contributed by atoms with Crippen molar-refractivity contribution in [2.75, 3.05) is 23.7 Å². The van der Waals surface area contributed by atoms with Crippen LogP contribution in [0, 0.1) is 6.92 Å². The number of aryl methyl sites for hydroxylation is 1. The van der Waals surface area contributed by atoms with Crippen LogP contribution in [0.25, 0.3) is 0 Å². The van der Waals surface area contributed by atoms with Crippen molar-refractivity contribution in [2.45, 2.75) is 52.6 Å². The summed E-state index contributed by atoms with van der Waals surface area (Å²) in [4.78, 5) is 28.2. The molecule has 11 heteroatoms. The highest BCUT2D eigenvalue weighted by molar-refractivity contribution is 7.92. The summed E-state index contributed by atoms with van der Waals surface area (Å²) < 4.78 is 26.5. The minimum absolute atomic E-state index is 0.0432. The summed E-state index contributed by atoms with van der Waals surface area (Å²) in [5.41, 5.74) is 1.59. The standard InChI is InChI=1S/C25H32Cl3N3O4S/c1-5-7-12-29-25(33)22(6-2)30(15-18-9-11-20(27)21(28)13-18)24(32)16-31(36(4,34)35)23-14-19(26)10-8-17(23)3/h8-11,13-14,22H,5-7,12,15-16H2,1-4H3,(H,29,33). The van der Waals surface area contributed by atoms with Gasteiger partial charge in [-0.05, 0) is 55.2 Å². The Hall–Kier alpha value is -2.00. The maximum atomic E-state index is 13.7. The number of hydrogen-bond acceptors (Lipinski definition) is 4. The second-order valence-electron chi connectivity index (χ2n) is 8.54. The van der Waals surface area contributed by atoms with Crippen molar-refractivity contribution in [1.29, 1.82) is 0 Å². The van der Waals surface area contributed by atoms with Gasteiger partial charge in [-0.15, -0.1) is 0 Å². The Kier molecular flexibility index (Phi) is 11.3. The predicted molar refractivity (Wildman–Crippen MR) is 147 cm³/mol. The van der Waals surface area contributed by atoms with Gasteiger partial charge < -0.3 is 10.2 Å². The molecule has 2 rings (SSSR count). The number of halogens is 3. The molecule has 1 N–H and O–H groups in total. The fourth-order valence-corrected chi connectivity index (χ4v) is 5.09. The third-order valence-corrected chi connectivity index (χ3v) is 7.77. The first-order valence-electron chi connectivity index (χ1n) is 11.6. The van der Waals surface area contributed by atoms with Gasteiger partial charge in [-0.3, -0.25) is 13.9 Å². The van der Waals surface area contributed by atoms with E-state index in [1.54, 1.807) is 44.2 Å². The third kappa shape index (κ3) is 8.26. The second kappa shape index (κ2) is 13.5. The Morgan fingerprint density at radius 1 is 1.03 bits per heavy atom. The molecule has 198 valence electrons.